The molecule has 1 aliphatic heterocycles. The number of fused-ring (bicyclic) bond motifs is 1. The number of allylic oxidation sites excluding steroid dienone is 1. The standard InChI is InChI=1S/C22H28FN5O4/c1-30-12-14-11-27(7-6-16(29)13-4-5-13)8-9-28(14)22-25-19-15(21(24)26-22)10-17(31-2)20(32-3)18(19)23/h6-7,10,13-14H,4-5,8-9,11-12H2,1-3H3,(H2,24,25,26). The SMILES string of the molecule is COCC1CN(C=CC(=O)C2CC2)CCN1c1nc(N)c2cc(OC)c(OC)c(F)c2n1. The smallest absolute Gasteiger partial charge is 0.228 e. The normalized spacial score (nSPS) is 19.1. The summed E-state index contributed by atoms with van der Waals surface area (Å²) >= 11 is 0. The molecule has 1 aromatic heterocycles. The number of benzene rings is 1. The molecule has 4 rings (SSSR count). The Morgan fingerprint density at radius 2 is 2.03 bits per heavy atom. The van der Waals surface area contributed by atoms with Gasteiger partial charge in [-0.3, -0.25) is 4.79 Å². The summed E-state index contributed by atoms with van der Waals surface area (Å²) in [7, 11) is 4.42. The first-order valence-corrected chi connectivity index (χ1v) is 10.6. The van der Waals surface area contributed by atoms with E-state index in [0.717, 1.165) is 12.8 Å². The van der Waals surface area contributed by atoms with E-state index in [1.807, 2.05) is 11.1 Å². The van der Waals surface area contributed by atoms with Gasteiger partial charge >= 0.3 is 0 Å². The van der Waals surface area contributed by atoms with Crippen LogP contribution in [0.15, 0.2) is 18.3 Å². The number of nitrogens with two attached hydrogens (primary N) is 1. The highest BCUT2D eigenvalue weighted by molar-refractivity contribution is 5.93. The first-order chi connectivity index (χ1) is 15.5. The van der Waals surface area contributed by atoms with Crippen LogP contribution in [-0.2, 0) is 9.53 Å². The van der Waals surface area contributed by atoms with E-state index in [1.165, 1.54) is 14.2 Å². The number of carbonyl (C=O) groups excluding carboxylic acids is 1. The Bertz CT molecular complexity index is 1040. The predicted octanol–water partition coefficient (Wildman–Crippen LogP) is 2.00. The Hall–Kier alpha value is -3.14. The van der Waals surface area contributed by atoms with Crippen LogP contribution in [0.25, 0.3) is 10.9 Å². The second-order valence-electron chi connectivity index (χ2n) is 8.02. The van der Waals surface area contributed by atoms with Crippen LogP contribution in [0.2, 0.25) is 0 Å². The summed E-state index contributed by atoms with van der Waals surface area (Å²) < 4.78 is 30.9. The van der Waals surface area contributed by atoms with Crippen LogP contribution < -0.4 is 20.1 Å². The fourth-order valence-electron chi connectivity index (χ4n) is 3.96. The van der Waals surface area contributed by atoms with Gasteiger partial charge < -0.3 is 29.7 Å². The van der Waals surface area contributed by atoms with Crippen molar-refractivity contribution in [1.82, 2.24) is 14.9 Å². The minimum Gasteiger partial charge on any atom is -0.493 e. The Morgan fingerprint density at radius 1 is 1.25 bits per heavy atom. The fourth-order valence-corrected chi connectivity index (χ4v) is 3.96. The van der Waals surface area contributed by atoms with E-state index >= 15 is 4.39 Å². The monoisotopic (exact) mass is 445 g/mol. The average molecular weight is 445 g/mol. The maximum atomic E-state index is 15.2. The highest BCUT2D eigenvalue weighted by Crippen LogP contribution is 2.38. The largest absolute Gasteiger partial charge is 0.493 e. The number of hydrogen-bond acceptors (Lipinski definition) is 9. The molecular formula is C22H28FN5O4. The number of rotatable bonds is 8. The van der Waals surface area contributed by atoms with E-state index < -0.39 is 5.82 Å². The summed E-state index contributed by atoms with van der Waals surface area (Å²) in [4.78, 5) is 25.0. The van der Waals surface area contributed by atoms with Gasteiger partial charge in [-0.05, 0) is 25.0 Å². The molecule has 0 bridgehead atoms. The van der Waals surface area contributed by atoms with Gasteiger partial charge in [0.2, 0.25) is 5.95 Å². The highest BCUT2D eigenvalue weighted by atomic mass is 19.1. The summed E-state index contributed by atoms with van der Waals surface area (Å²) in [6.45, 7) is 2.24. The zero-order valence-corrected chi connectivity index (χ0v) is 18.5. The molecule has 0 amide bonds. The second-order valence-corrected chi connectivity index (χ2v) is 8.02. The average Bonchev–Trinajstić information content (AvgIpc) is 3.63. The zero-order chi connectivity index (χ0) is 22.8. The molecule has 2 fully saturated rings. The molecule has 1 atom stereocenters. The van der Waals surface area contributed by atoms with Crippen molar-refractivity contribution in [3.63, 3.8) is 0 Å². The summed E-state index contributed by atoms with van der Waals surface area (Å²) in [5.74, 6) is 0.384. The summed E-state index contributed by atoms with van der Waals surface area (Å²) in [6.07, 6.45) is 5.48. The van der Waals surface area contributed by atoms with Crippen molar-refractivity contribution in [1.29, 1.82) is 0 Å². The number of hydrogen-bond donors (Lipinski definition) is 1. The van der Waals surface area contributed by atoms with E-state index in [0.29, 0.717) is 37.6 Å². The summed E-state index contributed by atoms with van der Waals surface area (Å²) in [5.41, 5.74) is 6.25. The van der Waals surface area contributed by atoms with E-state index in [-0.39, 0.29) is 40.6 Å². The minimum atomic E-state index is -0.652. The Balaban J connectivity index is 1.63. The van der Waals surface area contributed by atoms with Gasteiger partial charge in [-0.1, -0.05) is 0 Å². The number of piperazine rings is 1. The van der Waals surface area contributed by atoms with Gasteiger partial charge in [0.25, 0.3) is 0 Å². The molecule has 172 valence electrons. The third kappa shape index (κ3) is 4.27. The Labute approximate surface area is 185 Å². The summed E-state index contributed by atoms with van der Waals surface area (Å²) in [6, 6.07) is 1.47. The van der Waals surface area contributed by atoms with E-state index in [2.05, 4.69) is 14.9 Å². The zero-order valence-electron chi connectivity index (χ0n) is 18.5. The van der Waals surface area contributed by atoms with Crippen LogP contribution in [-0.4, -0.2) is 74.3 Å². The molecule has 32 heavy (non-hydrogen) atoms. The lowest BCUT2D eigenvalue weighted by molar-refractivity contribution is -0.115. The van der Waals surface area contributed by atoms with Gasteiger partial charge in [0.05, 0.1) is 26.9 Å². The number of ketones is 1. The second kappa shape index (κ2) is 9.15. The Kier molecular flexibility index (Phi) is 6.31. The number of nitrogen functional groups attached to an aromatic ring is 1. The molecule has 1 saturated heterocycles. The first kappa shape index (κ1) is 22.1. The molecule has 1 aromatic carbocycles. The number of halogens is 1. The van der Waals surface area contributed by atoms with Crippen molar-refractivity contribution < 1.29 is 23.4 Å². The maximum Gasteiger partial charge on any atom is 0.228 e. The van der Waals surface area contributed by atoms with Crippen LogP contribution in [0.3, 0.4) is 0 Å². The number of nitrogens with zero attached hydrogens (tertiary/aromatic N) is 4. The molecule has 0 radical (unpaired) electrons. The van der Waals surface area contributed by atoms with Crippen molar-refractivity contribution in [3.8, 4) is 11.5 Å². The highest BCUT2D eigenvalue weighted by Gasteiger charge is 2.31. The van der Waals surface area contributed by atoms with Gasteiger partial charge in [-0.25, -0.2) is 9.37 Å². The quantitative estimate of drug-likeness (QED) is 0.611. The molecular weight excluding hydrogens is 417 g/mol. The van der Waals surface area contributed by atoms with Crippen LogP contribution >= 0.6 is 0 Å². The Morgan fingerprint density at radius 3 is 2.69 bits per heavy atom. The minimum absolute atomic E-state index is 0.0345. The lowest BCUT2D eigenvalue weighted by atomic mass is 10.1. The van der Waals surface area contributed by atoms with Crippen LogP contribution in [0.4, 0.5) is 16.2 Å². The third-order valence-electron chi connectivity index (χ3n) is 5.85. The van der Waals surface area contributed by atoms with Crippen LogP contribution in [0.1, 0.15) is 12.8 Å². The van der Waals surface area contributed by atoms with E-state index in [1.54, 1.807) is 19.3 Å². The van der Waals surface area contributed by atoms with Crippen molar-refractivity contribution >= 4 is 28.5 Å². The predicted molar refractivity (Wildman–Crippen MR) is 118 cm³/mol. The lowest BCUT2D eigenvalue weighted by Gasteiger charge is -2.40. The molecule has 1 unspecified atom stereocenters. The molecule has 1 saturated carbocycles. The molecule has 2 N–H and O–H groups in total. The van der Waals surface area contributed by atoms with Crippen molar-refractivity contribution in [2.45, 2.75) is 18.9 Å². The topological polar surface area (TPSA) is 103 Å². The molecule has 9 nitrogen and oxygen atoms in total. The van der Waals surface area contributed by atoms with Gasteiger partial charge in [0.1, 0.15) is 11.3 Å². The number of anilines is 2. The van der Waals surface area contributed by atoms with Crippen molar-refractivity contribution in [3.05, 3.63) is 24.2 Å². The fraction of sp³-hybridized carbons (Fsp3) is 0.500. The third-order valence-corrected chi connectivity index (χ3v) is 5.85. The van der Waals surface area contributed by atoms with Crippen LogP contribution in [0, 0.1) is 11.7 Å². The molecule has 2 aromatic rings. The van der Waals surface area contributed by atoms with Crippen molar-refractivity contribution in [2.24, 2.45) is 5.92 Å². The lowest BCUT2D eigenvalue weighted by Crippen LogP contribution is -2.54. The van der Waals surface area contributed by atoms with E-state index in [4.69, 9.17) is 19.9 Å². The van der Waals surface area contributed by atoms with Gasteiger partial charge in [0.15, 0.2) is 23.1 Å². The van der Waals surface area contributed by atoms with E-state index in [9.17, 15) is 4.79 Å². The number of carbonyl (C=O) groups is 1. The number of ether oxygens (including phenoxy) is 3. The van der Waals surface area contributed by atoms with Crippen molar-refractivity contribution in [2.75, 3.05) is 58.2 Å². The first-order valence-electron chi connectivity index (χ1n) is 10.6. The van der Waals surface area contributed by atoms with Crippen LogP contribution in [0.5, 0.6) is 11.5 Å². The molecule has 0 spiro atoms. The molecule has 1 aliphatic carbocycles. The maximum absolute atomic E-state index is 15.2. The van der Waals surface area contributed by atoms with Gasteiger partial charge in [-0.15, -0.1) is 0 Å². The molecule has 10 heteroatoms. The number of aromatic nitrogens is 2. The number of methoxy groups -OCH3 is 3. The van der Waals surface area contributed by atoms with Gasteiger partial charge in [-0.2, -0.15) is 4.98 Å². The van der Waals surface area contributed by atoms with Gasteiger partial charge in [0, 0.05) is 44.2 Å². The summed E-state index contributed by atoms with van der Waals surface area (Å²) in [5, 5.41) is 0.354. The molecule has 2 heterocycles. The molecule has 2 aliphatic rings.